The first kappa shape index (κ1) is 16.7. The van der Waals surface area contributed by atoms with Gasteiger partial charge in [-0.05, 0) is 43.2 Å². The van der Waals surface area contributed by atoms with E-state index in [0.29, 0.717) is 5.02 Å². The summed E-state index contributed by atoms with van der Waals surface area (Å²) in [6, 6.07) is 15.7. The summed E-state index contributed by atoms with van der Waals surface area (Å²) in [4.78, 5) is 14.7. The minimum Gasteiger partial charge on any atom is -0.322 e. The fourth-order valence-electron chi connectivity index (χ4n) is 2.87. The highest BCUT2D eigenvalue weighted by Crippen LogP contribution is 2.18. The maximum atomic E-state index is 12.3. The Labute approximate surface area is 147 Å². The number of benzene rings is 2. The number of hydrogen-bond donors (Lipinski definition) is 1. The smallest absolute Gasteiger partial charge is 0.251 e. The largest absolute Gasteiger partial charge is 0.322 e. The maximum Gasteiger partial charge on any atom is 0.251 e. The number of aryl methyl sites for hydroxylation is 1. The molecule has 1 aliphatic heterocycles. The number of carbonyl (C=O) groups is 1. The van der Waals surface area contributed by atoms with Crippen molar-refractivity contribution >= 4 is 23.2 Å². The first-order valence-corrected chi connectivity index (χ1v) is 8.52. The van der Waals surface area contributed by atoms with Crippen LogP contribution < -0.4 is 5.32 Å². The topological polar surface area (TPSA) is 32.3 Å². The Morgan fingerprint density at radius 3 is 2.67 bits per heavy atom. The van der Waals surface area contributed by atoms with Crippen molar-refractivity contribution < 1.29 is 4.79 Å². The van der Waals surface area contributed by atoms with Crippen molar-refractivity contribution in [3.05, 3.63) is 76.3 Å². The van der Waals surface area contributed by atoms with Crippen molar-refractivity contribution in [2.24, 2.45) is 0 Å². The van der Waals surface area contributed by atoms with Crippen LogP contribution in [0.4, 0.5) is 5.69 Å². The van der Waals surface area contributed by atoms with E-state index in [-0.39, 0.29) is 5.91 Å². The molecular weight excluding hydrogens is 320 g/mol. The van der Waals surface area contributed by atoms with Gasteiger partial charge in [-0.3, -0.25) is 9.69 Å². The Balaban J connectivity index is 1.56. The first-order valence-electron chi connectivity index (χ1n) is 8.14. The molecule has 2 aromatic rings. The van der Waals surface area contributed by atoms with E-state index in [2.05, 4.69) is 41.4 Å². The van der Waals surface area contributed by atoms with Gasteiger partial charge >= 0.3 is 0 Å². The minimum absolute atomic E-state index is 0.0208. The lowest BCUT2D eigenvalue weighted by Gasteiger charge is -2.26. The molecule has 1 amide bonds. The van der Waals surface area contributed by atoms with Gasteiger partial charge in [-0.2, -0.15) is 0 Å². The molecule has 0 unspecified atom stereocenters. The van der Waals surface area contributed by atoms with Crippen LogP contribution in [-0.4, -0.2) is 23.9 Å². The van der Waals surface area contributed by atoms with Gasteiger partial charge < -0.3 is 5.32 Å². The zero-order valence-corrected chi connectivity index (χ0v) is 14.5. The van der Waals surface area contributed by atoms with Gasteiger partial charge in [-0.15, -0.1) is 0 Å². The minimum atomic E-state index is -0.0208. The van der Waals surface area contributed by atoms with Crippen molar-refractivity contribution in [3.63, 3.8) is 0 Å². The van der Waals surface area contributed by atoms with Crippen molar-refractivity contribution in [2.45, 2.75) is 19.9 Å². The Hall–Kier alpha value is -2.10. The molecular formula is C20H21ClN2O. The van der Waals surface area contributed by atoms with Gasteiger partial charge in [0.2, 0.25) is 0 Å². The lowest BCUT2D eigenvalue weighted by atomic mass is 10.1. The van der Waals surface area contributed by atoms with Crippen molar-refractivity contribution in [1.29, 1.82) is 0 Å². The highest BCUT2D eigenvalue weighted by molar-refractivity contribution is 6.30. The number of carbonyl (C=O) groups excluding carboxylic acids is 1. The molecule has 24 heavy (non-hydrogen) atoms. The molecule has 3 nitrogen and oxygen atoms in total. The molecule has 2 aromatic carbocycles. The van der Waals surface area contributed by atoms with Gasteiger partial charge in [0.1, 0.15) is 0 Å². The molecule has 0 aliphatic carbocycles. The normalized spacial score (nSPS) is 15.0. The quantitative estimate of drug-likeness (QED) is 0.893. The highest BCUT2D eigenvalue weighted by atomic mass is 35.5. The average molecular weight is 341 g/mol. The van der Waals surface area contributed by atoms with Gasteiger partial charge in [0.15, 0.2) is 0 Å². The summed E-state index contributed by atoms with van der Waals surface area (Å²) in [5, 5.41) is 3.59. The highest BCUT2D eigenvalue weighted by Gasteiger charge is 2.17. The summed E-state index contributed by atoms with van der Waals surface area (Å²) in [5.74, 6) is -0.0208. The molecule has 1 N–H and O–H groups in total. The van der Waals surface area contributed by atoms with Gasteiger partial charge in [0, 0.05) is 35.9 Å². The molecule has 3 rings (SSSR count). The van der Waals surface area contributed by atoms with Crippen LogP contribution >= 0.6 is 11.6 Å². The number of halogens is 1. The van der Waals surface area contributed by atoms with E-state index in [1.54, 1.807) is 12.1 Å². The maximum absolute atomic E-state index is 12.3. The SMILES string of the molecule is Cc1cccc(CN2CC=C(C(=O)Nc3ccc(Cl)cc3)CC2)c1. The van der Waals surface area contributed by atoms with Crippen LogP contribution in [0.15, 0.2) is 60.2 Å². The van der Waals surface area contributed by atoms with E-state index in [4.69, 9.17) is 11.6 Å². The second-order valence-corrected chi connectivity index (χ2v) is 6.60. The third-order valence-corrected chi connectivity index (χ3v) is 4.43. The molecule has 0 saturated heterocycles. The number of nitrogens with zero attached hydrogens (tertiary/aromatic N) is 1. The van der Waals surface area contributed by atoms with Gasteiger partial charge in [0.25, 0.3) is 5.91 Å². The van der Waals surface area contributed by atoms with E-state index in [1.165, 1.54) is 11.1 Å². The van der Waals surface area contributed by atoms with E-state index in [1.807, 2.05) is 18.2 Å². The van der Waals surface area contributed by atoms with Gasteiger partial charge in [-0.1, -0.05) is 47.5 Å². The first-order chi connectivity index (χ1) is 11.6. The molecule has 0 saturated carbocycles. The van der Waals surface area contributed by atoms with E-state index >= 15 is 0 Å². The molecule has 0 aromatic heterocycles. The number of rotatable bonds is 4. The molecule has 0 radical (unpaired) electrons. The zero-order chi connectivity index (χ0) is 16.9. The summed E-state index contributed by atoms with van der Waals surface area (Å²) in [7, 11) is 0. The predicted octanol–water partition coefficient (Wildman–Crippen LogP) is 4.42. The van der Waals surface area contributed by atoms with Crippen LogP contribution in [0.5, 0.6) is 0 Å². The standard InChI is InChI=1S/C20H21ClN2O/c1-15-3-2-4-16(13-15)14-23-11-9-17(10-12-23)20(24)22-19-7-5-18(21)6-8-19/h2-9,13H,10-12,14H2,1H3,(H,22,24). The molecule has 124 valence electrons. The zero-order valence-electron chi connectivity index (χ0n) is 13.8. The van der Waals surface area contributed by atoms with Gasteiger partial charge in [0.05, 0.1) is 0 Å². The van der Waals surface area contributed by atoms with Crippen molar-refractivity contribution in [1.82, 2.24) is 4.90 Å². The average Bonchev–Trinajstić information content (AvgIpc) is 2.57. The lowest BCUT2D eigenvalue weighted by Crippen LogP contribution is -2.31. The van der Waals surface area contributed by atoms with Crippen LogP contribution in [0.2, 0.25) is 5.02 Å². The Bertz CT molecular complexity index is 752. The third kappa shape index (κ3) is 4.47. The van der Waals surface area contributed by atoms with Crippen molar-refractivity contribution in [2.75, 3.05) is 18.4 Å². The fourth-order valence-corrected chi connectivity index (χ4v) is 3.00. The Morgan fingerprint density at radius 2 is 2.00 bits per heavy atom. The number of hydrogen-bond acceptors (Lipinski definition) is 2. The molecule has 0 atom stereocenters. The van der Waals surface area contributed by atoms with E-state index in [0.717, 1.165) is 37.3 Å². The molecule has 0 spiro atoms. The molecule has 0 fully saturated rings. The van der Waals surface area contributed by atoms with Crippen LogP contribution in [0.1, 0.15) is 17.5 Å². The molecule has 1 aliphatic rings. The summed E-state index contributed by atoms with van der Waals surface area (Å²) in [6.07, 6.45) is 2.80. The Kier molecular flexibility index (Phi) is 5.34. The second-order valence-electron chi connectivity index (χ2n) is 6.16. The monoisotopic (exact) mass is 340 g/mol. The second kappa shape index (κ2) is 7.65. The van der Waals surface area contributed by atoms with Crippen LogP contribution in [0.25, 0.3) is 0 Å². The van der Waals surface area contributed by atoms with Crippen molar-refractivity contribution in [3.8, 4) is 0 Å². The van der Waals surface area contributed by atoms with Crippen LogP contribution in [0.3, 0.4) is 0 Å². The summed E-state index contributed by atoms with van der Waals surface area (Å²) < 4.78 is 0. The molecule has 4 heteroatoms. The summed E-state index contributed by atoms with van der Waals surface area (Å²) in [6.45, 7) is 4.73. The molecule has 0 bridgehead atoms. The van der Waals surface area contributed by atoms with E-state index in [9.17, 15) is 4.79 Å². The molecule has 1 heterocycles. The van der Waals surface area contributed by atoms with Crippen LogP contribution in [0, 0.1) is 6.92 Å². The van der Waals surface area contributed by atoms with E-state index < -0.39 is 0 Å². The third-order valence-electron chi connectivity index (χ3n) is 4.18. The summed E-state index contributed by atoms with van der Waals surface area (Å²) in [5.41, 5.74) is 4.22. The fraction of sp³-hybridized carbons (Fsp3) is 0.250. The van der Waals surface area contributed by atoms with Gasteiger partial charge in [-0.25, -0.2) is 0 Å². The summed E-state index contributed by atoms with van der Waals surface area (Å²) >= 11 is 5.86. The number of anilines is 1. The number of amides is 1. The predicted molar refractivity (Wildman–Crippen MR) is 99.2 cm³/mol. The number of nitrogens with one attached hydrogen (secondary N) is 1. The lowest BCUT2D eigenvalue weighted by molar-refractivity contribution is -0.113. The Morgan fingerprint density at radius 1 is 1.21 bits per heavy atom. The van der Waals surface area contributed by atoms with Crippen LogP contribution in [-0.2, 0) is 11.3 Å².